The Hall–Kier alpha value is -6.25. The highest BCUT2D eigenvalue weighted by Gasteiger charge is 2.54. The molecule has 1 aliphatic heterocycles. The normalized spacial score (nSPS) is 17.8. The summed E-state index contributed by atoms with van der Waals surface area (Å²) in [6.45, 7) is 0. The van der Waals surface area contributed by atoms with Crippen LogP contribution in [0, 0.1) is 0 Å². The van der Waals surface area contributed by atoms with Gasteiger partial charge in [-0.1, -0.05) is 152 Å². The summed E-state index contributed by atoms with van der Waals surface area (Å²) >= 11 is 0. The first-order valence-electron chi connectivity index (χ1n) is 18.1. The van der Waals surface area contributed by atoms with Gasteiger partial charge in [-0.25, -0.2) is 0 Å². The number of hydrogen-bond acceptors (Lipinski definition) is 2. The first-order valence-corrected chi connectivity index (χ1v) is 18.1. The third-order valence-electron chi connectivity index (χ3n) is 11.7. The van der Waals surface area contributed by atoms with Crippen molar-refractivity contribution in [2.24, 2.45) is 4.99 Å². The zero-order valence-electron chi connectivity index (χ0n) is 28.1. The maximum absolute atomic E-state index is 5.28. The molecule has 1 spiro atoms. The van der Waals surface area contributed by atoms with Crippen LogP contribution in [0.2, 0.25) is 0 Å². The van der Waals surface area contributed by atoms with Crippen molar-refractivity contribution in [2.45, 2.75) is 24.4 Å². The summed E-state index contributed by atoms with van der Waals surface area (Å²) in [4.78, 5) is 5.28. The zero-order valence-corrected chi connectivity index (χ0v) is 28.1. The molecular weight excluding hydrogens is 617 g/mol. The number of fused-ring (bicyclic) bond motifs is 11. The van der Waals surface area contributed by atoms with Crippen LogP contribution in [0.5, 0.6) is 0 Å². The van der Waals surface area contributed by atoms with Gasteiger partial charge >= 0.3 is 0 Å². The number of benzene rings is 7. The molecule has 0 saturated carbocycles. The molecule has 2 nitrogen and oxygen atoms in total. The Kier molecular flexibility index (Phi) is 6.09. The second kappa shape index (κ2) is 10.9. The molecule has 2 heteroatoms. The van der Waals surface area contributed by atoms with Crippen LogP contribution in [0.15, 0.2) is 191 Å². The Morgan fingerprint density at radius 1 is 0.549 bits per heavy atom. The molecule has 0 radical (unpaired) electrons. The second-order valence-corrected chi connectivity index (χ2v) is 14.1. The highest BCUT2D eigenvalue weighted by Crippen LogP contribution is 2.62. The van der Waals surface area contributed by atoms with Gasteiger partial charge in [0.1, 0.15) is 6.17 Å². The lowest BCUT2D eigenvalue weighted by Gasteiger charge is -2.37. The van der Waals surface area contributed by atoms with E-state index in [1.807, 2.05) is 0 Å². The molecule has 240 valence electrons. The molecule has 1 N–H and O–H groups in total. The monoisotopic (exact) mass is 650 g/mol. The molecule has 4 aliphatic rings. The van der Waals surface area contributed by atoms with E-state index in [1.165, 1.54) is 94.0 Å². The summed E-state index contributed by atoms with van der Waals surface area (Å²) in [5.74, 6) is 0. The number of nitrogens with one attached hydrogen (secondary N) is 1. The van der Waals surface area contributed by atoms with Crippen molar-refractivity contribution in [3.63, 3.8) is 0 Å². The van der Waals surface area contributed by atoms with Crippen LogP contribution in [0.3, 0.4) is 0 Å². The van der Waals surface area contributed by atoms with Crippen LogP contribution >= 0.6 is 0 Å². The average molecular weight is 651 g/mol. The van der Waals surface area contributed by atoms with E-state index in [1.54, 1.807) is 0 Å². The molecule has 0 fully saturated rings. The van der Waals surface area contributed by atoms with E-state index < -0.39 is 0 Å². The predicted molar refractivity (Wildman–Crippen MR) is 212 cm³/mol. The summed E-state index contributed by atoms with van der Waals surface area (Å²) in [5, 5.41) is 9.21. The topological polar surface area (TPSA) is 24.4 Å². The van der Waals surface area contributed by atoms with Gasteiger partial charge in [-0.05, 0) is 102 Å². The highest BCUT2D eigenvalue weighted by molar-refractivity contribution is 6.14. The minimum absolute atomic E-state index is 0.229. The molecule has 11 rings (SSSR count). The Morgan fingerprint density at radius 3 is 2.00 bits per heavy atom. The lowest BCUT2D eigenvalue weighted by molar-refractivity contribution is 0.545. The fraction of sp³-hybridized carbons (Fsp3) is 0.0816. The van der Waals surface area contributed by atoms with Crippen molar-refractivity contribution in [2.75, 3.05) is 0 Å². The quantitative estimate of drug-likeness (QED) is 0.189. The summed E-state index contributed by atoms with van der Waals surface area (Å²) in [5.41, 5.74) is 16.4. The Morgan fingerprint density at radius 2 is 1.20 bits per heavy atom. The van der Waals surface area contributed by atoms with Gasteiger partial charge in [0.2, 0.25) is 0 Å². The molecule has 7 aromatic rings. The van der Waals surface area contributed by atoms with Crippen LogP contribution in [-0.2, 0) is 5.41 Å². The van der Waals surface area contributed by atoms with E-state index in [9.17, 15) is 0 Å². The fourth-order valence-corrected chi connectivity index (χ4v) is 9.57. The molecule has 3 aliphatic carbocycles. The molecule has 0 saturated heterocycles. The number of nitrogens with zero attached hydrogens (tertiary/aromatic N) is 1. The van der Waals surface area contributed by atoms with E-state index in [0.717, 1.165) is 12.8 Å². The first-order chi connectivity index (χ1) is 25.3. The number of hydrogen-bond donors (Lipinski definition) is 1. The Labute approximate surface area is 297 Å². The SMILES string of the molecule is C1=CC2=C(CC1)C1(C3=C2C=NC(c2ccccc2-c2cccc(-c4cc5ccccc5c5ccccc45)c2)N3)c2ccccc2-c2ccccc21. The molecule has 0 aromatic heterocycles. The van der Waals surface area contributed by atoms with Crippen LogP contribution in [0.4, 0.5) is 0 Å². The largest absolute Gasteiger partial charge is 0.362 e. The number of aliphatic imine (C=N–C) groups is 1. The maximum Gasteiger partial charge on any atom is 0.145 e. The standard InChI is InChI=1S/C49H34N2/c1-2-17-34-33(14-1)29-42(37-20-5-4-19-36(34)37)32-16-13-15-31(28-32)35-18-3-6-24-41(35)48-50-30-43-40-23-9-12-27-46(40)49(47(43)51-48)44-25-10-7-21-38(44)39-22-8-11-26-45(39)49/h1-11,13-26,28-30,48,51H,12,27H2. The van der Waals surface area contributed by atoms with Crippen molar-refractivity contribution in [1.82, 2.24) is 5.32 Å². The van der Waals surface area contributed by atoms with E-state index in [-0.39, 0.29) is 11.6 Å². The van der Waals surface area contributed by atoms with Crippen LogP contribution < -0.4 is 5.32 Å². The minimum atomic E-state index is -0.348. The number of rotatable bonds is 3. The van der Waals surface area contributed by atoms with Crippen molar-refractivity contribution in [3.05, 3.63) is 203 Å². The molecular formula is C49H34N2. The van der Waals surface area contributed by atoms with Gasteiger partial charge in [0.15, 0.2) is 0 Å². The van der Waals surface area contributed by atoms with Crippen LogP contribution in [-0.4, -0.2) is 6.21 Å². The van der Waals surface area contributed by atoms with E-state index >= 15 is 0 Å². The van der Waals surface area contributed by atoms with E-state index in [2.05, 4.69) is 175 Å². The molecule has 0 amide bonds. The van der Waals surface area contributed by atoms with Gasteiger partial charge in [-0.2, -0.15) is 0 Å². The minimum Gasteiger partial charge on any atom is -0.362 e. The molecule has 0 bridgehead atoms. The molecule has 51 heavy (non-hydrogen) atoms. The van der Waals surface area contributed by atoms with Crippen LogP contribution in [0.25, 0.3) is 54.9 Å². The summed E-state index contributed by atoms with van der Waals surface area (Å²) in [7, 11) is 0. The van der Waals surface area contributed by atoms with Crippen molar-refractivity contribution in [1.29, 1.82) is 0 Å². The second-order valence-electron chi connectivity index (χ2n) is 14.1. The van der Waals surface area contributed by atoms with E-state index in [4.69, 9.17) is 4.99 Å². The van der Waals surface area contributed by atoms with Crippen molar-refractivity contribution >= 4 is 27.8 Å². The van der Waals surface area contributed by atoms with Gasteiger partial charge < -0.3 is 5.32 Å². The zero-order chi connectivity index (χ0) is 33.5. The van der Waals surface area contributed by atoms with Crippen LogP contribution in [0.1, 0.15) is 35.7 Å². The predicted octanol–water partition coefficient (Wildman–Crippen LogP) is 11.9. The van der Waals surface area contributed by atoms with Crippen molar-refractivity contribution in [3.8, 4) is 33.4 Å². The summed E-state index contributed by atoms with van der Waals surface area (Å²) in [6.07, 6.45) is 8.69. The first kappa shape index (κ1) is 28.6. The Bertz CT molecular complexity index is 2690. The summed E-state index contributed by atoms with van der Waals surface area (Å²) < 4.78 is 0. The van der Waals surface area contributed by atoms with Gasteiger partial charge in [0.25, 0.3) is 0 Å². The average Bonchev–Trinajstić information content (AvgIpc) is 3.68. The Balaban J connectivity index is 1.04. The molecule has 1 unspecified atom stereocenters. The van der Waals surface area contributed by atoms with Gasteiger partial charge in [0, 0.05) is 23.0 Å². The molecule has 1 atom stereocenters. The smallest absolute Gasteiger partial charge is 0.145 e. The maximum atomic E-state index is 5.28. The summed E-state index contributed by atoms with van der Waals surface area (Å²) in [6, 6.07) is 55.8. The molecule has 1 heterocycles. The van der Waals surface area contributed by atoms with Gasteiger partial charge in [-0.3, -0.25) is 4.99 Å². The highest BCUT2D eigenvalue weighted by atomic mass is 15.1. The van der Waals surface area contributed by atoms with Gasteiger partial charge in [0.05, 0.1) is 5.41 Å². The van der Waals surface area contributed by atoms with E-state index in [0.29, 0.717) is 0 Å². The third kappa shape index (κ3) is 3.96. The lowest BCUT2D eigenvalue weighted by Crippen LogP contribution is -2.38. The lowest BCUT2D eigenvalue weighted by atomic mass is 9.69. The fourth-order valence-electron chi connectivity index (χ4n) is 9.57. The number of allylic oxidation sites excluding steroid dienone is 5. The van der Waals surface area contributed by atoms with Crippen molar-refractivity contribution < 1.29 is 0 Å². The van der Waals surface area contributed by atoms with Gasteiger partial charge in [-0.15, -0.1) is 0 Å². The third-order valence-corrected chi connectivity index (χ3v) is 11.7. The molecule has 7 aromatic carbocycles.